The first kappa shape index (κ1) is 13.5. The molecule has 0 aliphatic heterocycles. The number of carbonyl (C=O) groups is 2. The second-order valence-corrected chi connectivity index (χ2v) is 4.04. The van der Waals surface area contributed by atoms with Gasteiger partial charge >= 0.3 is 12.0 Å². The number of carboxylic acid groups (broad SMARTS) is 1. The quantitative estimate of drug-likeness (QED) is 0.793. The molecule has 1 heterocycles. The van der Waals surface area contributed by atoms with E-state index in [0.29, 0.717) is 11.4 Å². The molecule has 2 amide bonds. The SMILES string of the molecule is Cc1ccc(C(=O)O)cc1NC(=O)Nc1cncnc1. The summed E-state index contributed by atoms with van der Waals surface area (Å²) in [7, 11) is 0. The molecule has 3 N–H and O–H groups in total. The van der Waals surface area contributed by atoms with Crippen molar-refractivity contribution in [1.82, 2.24) is 9.97 Å². The number of carbonyl (C=O) groups excluding carboxylic acids is 1. The lowest BCUT2D eigenvalue weighted by Gasteiger charge is -2.10. The zero-order valence-corrected chi connectivity index (χ0v) is 10.6. The van der Waals surface area contributed by atoms with Gasteiger partial charge in [-0.15, -0.1) is 0 Å². The number of aromatic carboxylic acids is 1. The molecule has 102 valence electrons. The van der Waals surface area contributed by atoms with Crippen molar-refractivity contribution in [2.75, 3.05) is 10.6 Å². The number of urea groups is 1. The second kappa shape index (κ2) is 5.79. The highest BCUT2D eigenvalue weighted by molar-refractivity contribution is 6.01. The molecular weight excluding hydrogens is 260 g/mol. The number of nitrogens with one attached hydrogen (secondary N) is 2. The third kappa shape index (κ3) is 3.29. The van der Waals surface area contributed by atoms with Gasteiger partial charge in [-0.25, -0.2) is 19.6 Å². The van der Waals surface area contributed by atoms with E-state index in [1.807, 2.05) is 0 Å². The number of hydrogen-bond donors (Lipinski definition) is 3. The number of hydrogen-bond acceptors (Lipinski definition) is 4. The molecule has 0 unspecified atom stereocenters. The predicted octanol–water partition coefficient (Wildman–Crippen LogP) is 2.13. The number of carboxylic acids is 1. The van der Waals surface area contributed by atoms with Crippen LogP contribution in [0.4, 0.5) is 16.2 Å². The summed E-state index contributed by atoms with van der Waals surface area (Å²) in [5.74, 6) is -1.05. The van der Waals surface area contributed by atoms with Crippen LogP contribution in [0.3, 0.4) is 0 Å². The first-order chi connectivity index (χ1) is 9.56. The molecule has 0 aliphatic carbocycles. The number of rotatable bonds is 3. The van der Waals surface area contributed by atoms with Gasteiger partial charge in [0.25, 0.3) is 0 Å². The van der Waals surface area contributed by atoms with Gasteiger partial charge in [0.1, 0.15) is 6.33 Å². The molecule has 7 nitrogen and oxygen atoms in total. The largest absolute Gasteiger partial charge is 0.478 e. The molecule has 0 radical (unpaired) electrons. The number of nitrogens with zero attached hydrogens (tertiary/aromatic N) is 2. The highest BCUT2D eigenvalue weighted by Gasteiger charge is 2.09. The Morgan fingerprint density at radius 2 is 1.85 bits per heavy atom. The van der Waals surface area contributed by atoms with Gasteiger partial charge in [0.2, 0.25) is 0 Å². The predicted molar refractivity (Wildman–Crippen MR) is 72.8 cm³/mol. The molecule has 0 bridgehead atoms. The van der Waals surface area contributed by atoms with Gasteiger partial charge in [0, 0.05) is 5.69 Å². The molecule has 7 heteroatoms. The van der Waals surface area contributed by atoms with Crippen LogP contribution in [-0.4, -0.2) is 27.1 Å². The van der Waals surface area contributed by atoms with E-state index in [2.05, 4.69) is 20.6 Å². The van der Waals surface area contributed by atoms with Crippen LogP contribution in [0.1, 0.15) is 15.9 Å². The summed E-state index contributed by atoms with van der Waals surface area (Å²) in [6.45, 7) is 1.77. The van der Waals surface area contributed by atoms with Gasteiger partial charge in [-0.05, 0) is 24.6 Å². The topological polar surface area (TPSA) is 104 Å². The Bertz CT molecular complexity index is 643. The van der Waals surface area contributed by atoms with E-state index in [1.54, 1.807) is 13.0 Å². The van der Waals surface area contributed by atoms with Crippen LogP contribution in [-0.2, 0) is 0 Å². The summed E-state index contributed by atoms with van der Waals surface area (Å²) in [6, 6.07) is 4.01. The third-order valence-corrected chi connectivity index (χ3v) is 2.55. The highest BCUT2D eigenvalue weighted by Crippen LogP contribution is 2.17. The third-order valence-electron chi connectivity index (χ3n) is 2.55. The van der Waals surface area contributed by atoms with E-state index < -0.39 is 12.0 Å². The molecule has 0 saturated carbocycles. The van der Waals surface area contributed by atoms with E-state index >= 15 is 0 Å². The monoisotopic (exact) mass is 272 g/mol. The Morgan fingerprint density at radius 1 is 1.15 bits per heavy atom. The number of benzene rings is 1. The van der Waals surface area contributed by atoms with Gasteiger partial charge in [-0.3, -0.25) is 0 Å². The van der Waals surface area contributed by atoms with Crippen LogP contribution in [0.25, 0.3) is 0 Å². The minimum atomic E-state index is -1.05. The lowest BCUT2D eigenvalue weighted by Crippen LogP contribution is -2.20. The zero-order valence-electron chi connectivity index (χ0n) is 10.6. The summed E-state index contributed by atoms with van der Waals surface area (Å²) in [5.41, 5.74) is 1.74. The normalized spacial score (nSPS) is 9.85. The Balaban J connectivity index is 2.11. The fourth-order valence-corrected chi connectivity index (χ4v) is 1.54. The molecule has 20 heavy (non-hydrogen) atoms. The van der Waals surface area contributed by atoms with Crippen LogP contribution in [0.15, 0.2) is 36.9 Å². The van der Waals surface area contributed by atoms with E-state index in [4.69, 9.17) is 5.11 Å². The van der Waals surface area contributed by atoms with Crippen LogP contribution in [0, 0.1) is 6.92 Å². The number of aromatic nitrogens is 2. The molecule has 0 saturated heterocycles. The van der Waals surface area contributed by atoms with E-state index in [1.165, 1.54) is 30.9 Å². The number of aryl methyl sites for hydroxylation is 1. The Kier molecular flexibility index (Phi) is 3.90. The summed E-state index contributed by atoms with van der Waals surface area (Å²) in [5, 5.41) is 14.1. The standard InChI is InChI=1S/C13H12N4O3/c1-8-2-3-9(12(18)19)4-11(8)17-13(20)16-10-5-14-7-15-6-10/h2-7H,1H3,(H,18,19)(H2,16,17,20). The smallest absolute Gasteiger partial charge is 0.335 e. The minimum absolute atomic E-state index is 0.106. The molecule has 0 atom stereocenters. The Hall–Kier alpha value is -2.96. The zero-order chi connectivity index (χ0) is 14.5. The van der Waals surface area contributed by atoms with Gasteiger partial charge < -0.3 is 15.7 Å². The lowest BCUT2D eigenvalue weighted by atomic mass is 10.1. The van der Waals surface area contributed by atoms with Crippen LogP contribution >= 0.6 is 0 Å². The highest BCUT2D eigenvalue weighted by atomic mass is 16.4. The van der Waals surface area contributed by atoms with E-state index in [9.17, 15) is 9.59 Å². The van der Waals surface area contributed by atoms with Crippen molar-refractivity contribution in [1.29, 1.82) is 0 Å². The summed E-state index contributed by atoms with van der Waals surface area (Å²) in [6.07, 6.45) is 4.25. The molecule has 2 rings (SSSR count). The molecular formula is C13H12N4O3. The van der Waals surface area contributed by atoms with E-state index in [-0.39, 0.29) is 5.56 Å². The average molecular weight is 272 g/mol. The van der Waals surface area contributed by atoms with Gasteiger partial charge in [0.15, 0.2) is 0 Å². The number of anilines is 2. The molecule has 0 fully saturated rings. The summed E-state index contributed by atoms with van der Waals surface area (Å²) >= 11 is 0. The van der Waals surface area contributed by atoms with Crippen molar-refractivity contribution >= 4 is 23.4 Å². The fraction of sp³-hybridized carbons (Fsp3) is 0.0769. The van der Waals surface area contributed by atoms with Crippen molar-refractivity contribution in [2.24, 2.45) is 0 Å². The van der Waals surface area contributed by atoms with Crippen molar-refractivity contribution in [3.05, 3.63) is 48.0 Å². The number of amides is 2. The molecule has 0 aliphatic rings. The molecule has 1 aromatic heterocycles. The molecule has 2 aromatic rings. The van der Waals surface area contributed by atoms with Gasteiger partial charge in [-0.1, -0.05) is 6.07 Å². The van der Waals surface area contributed by atoms with Crippen molar-refractivity contribution in [2.45, 2.75) is 6.92 Å². The van der Waals surface area contributed by atoms with E-state index in [0.717, 1.165) is 5.56 Å². The summed E-state index contributed by atoms with van der Waals surface area (Å²) < 4.78 is 0. The minimum Gasteiger partial charge on any atom is -0.478 e. The van der Waals surface area contributed by atoms with Gasteiger partial charge in [-0.2, -0.15) is 0 Å². The van der Waals surface area contributed by atoms with Crippen LogP contribution < -0.4 is 10.6 Å². The van der Waals surface area contributed by atoms with Crippen molar-refractivity contribution in [3.8, 4) is 0 Å². The lowest BCUT2D eigenvalue weighted by molar-refractivity contribution is 0.0697. The van der Waals surface area contributed by atoms with Gasteiger partial charge in [0.05, 0.1) is 23.6 Å². The van der Waals surface area contributed by atoms with Crippen LogP contribution in [0.2, 0.25) is 0 Å². The molecule has 1 aromatic carbocycles. The van der Waals surface area contributed by atoms with Crippen molar-refractivity contribution < 1.29 is 14.7 Å². The average Bonchev–Trinajstić information content (AvgIpc) is 2.42. The Morgan fingerprint density at radius 3 is 2.50 bits per heavy atom. The molecule has 0 spiro atoms. The summed E-state index contributed by atoms with van der Waals surface area (Å²) in [4.78, 5) is 30.2. The Labute approximate surface area is 114 Å². The second-order valence-electron chi connectivity index (χ2n) is 4.04. The maximum Gasteiger partial charge on any atom is 0.335 e. The first-order valence-electron chi connectivity index (χ1n) is 5.73. The first-order valence-corrected chi connectivity index (χ1v) is 5.73. The fourth-order valence-electron chi connectivity index (χ4n) is 1.54. The van der Waals surface area contributed by atoms with Crippen molar-refractivity contribution in [3.63, 3.8) is 0 Å². The maximum absolute atomic E-state index is 11.8. The van der Waals surface area contributed by atoms with Crippen LogP contribution in [0.5, 0.6) is 0 Å². The maximum atomic E-state index is 11.8.